The number of sulfonamides is 1. The Morgan fingerprint density at radius 1 is 1.30 bits per heavy atom. The number of ether oxygens (including phenoxy) is 1. The number of nitrogens with one attached hydrogen (secondary N) is 1. The van der Waals surface area contributed by atoms with Gasteiger partial charge in [0, 0.05) is 19.0 Å². The predicted octanol–water partition coefficient (Wildman–Crippen LogP) is 1.24. The van der Waals surface area contributed by atoms with E-state index in [9.17, 15) is 13.2 Å². The first-order chi connectivity index (χ1) is 10.9. The predicted molar refractivity (Wildman–Crippen MR) is 88.7 cm³/mol. The fourth-order valence-electron chi connectivity index (χ4n) is 2.59. The van der Waals surface area contributed by atoms with E-state index in [4.69, 9.17) is 4.74 Å². The Kier molecular flexibility index (Phi) is 6.01. The fraction of sp³-hybridized carbons (Fsp3) is 0.562. The van der Waals surface area contributed by atoms with Gasteiger partial charge in [0.2, 0.25) is 15.9 Å². The smallest absolute Gasteiger partial charge is 0.223 e. The first-order valence-corrected chi connectivity index (χ1v) is 9.64. The van der Waals surface area contributed by atoms with E-state index in [0.717, 1.165) is 5.75 Å². The minimum atomic E-state index is -3.16. The van der Waals surface area contributed by atoms with Crippen LogP contribution < -0.4 is 10.1 Å². The van der Waals surface area contributed by atoms with E-state index in [-0.39, 0.29) is 17.9 Å². The largest absolute Gasteiger partial charge is 0.491 e. The third-order valence-electron chi connectivity index (χ3n) is 3.93. The molecular formula is C16H24N2O4S. The molecule has 1 amide bonds. The van der Waals surface area contributed by atoms with Crippen LogP contribution in [0.1, 0.15) is 19.8 Å². The summed E-state index contributed by atoms with van der Waals surface area (Å²) in [4.78, 5) is 12.2. The quantitative estimate of drug-likeness (QED) is 0.845. The molecule has 0 saturated carbocycles. The van der Waals surface area contributed by atoms with Crippen molar-refractivity contribution >= 4 is 15.9 Å². The van der Waals surface area contributed by atoms with Gasteiger partial charge in [-0.1, -0.05) is 18.2 Å². The maximum Gasteiger partial charge on any atom is 0.223 e. The second kappa shape index (κ2) is 7.79. The van der Waals surface area contributed by atoms with E-state index in [2.05, 4.69) is 5.32 Å². The molecular weight excluding hydrogens is 316 g/mol. The van der Waals surface area contributed by atoms with Gasteiger partial charge in [-0.3, -0.25) is 4.79 Å². The minimum absolute atomic E-state index is 0.0256. The number of para-hydroxylation sites is 1. The molecule has 1 heterocycles. The molecule has 6 nitrogen and oxygen atoms in total. The number of piperidine rings is 1. The van der Waals surface area contributed by atoms with Gasteiger partial charge in [-0.05, 0) is 31.9 Å². The van der Waals surface area contributed by atoms with Crippen LogP contribution in [0.25, 0.3) is 0 Å². The average Bonchev–Trinajstić information content (AvgIpc) is 2.53. The van der Waals surface area contributed by atoms with E-state index in [1.165, 1.54) is 10.6 Å². The highest BCUT2D eigenvalue weighted by Gasteiger charge is 2.29. The fourth-order valence-corrected chi connectivity index (χ4v) is 3.46. The molecule has 128 valence electrons. The summed E-state index contributed by atoms with van der Waals surface area (Å²) < 4.78 is 30.0. The van der Waals surface area contributed by atoms with E-state index in [1.54, 1.807) is 0 Å². The van der Waals surface area contributed by atoms with Gasteiger partial charge in [-0.15, -0.1) is 0 Å². The van der Waals surface area contributed by atoms with Gasteiger partial charge in [0.1, 0.15) is 12.4 Å². The third-order valence-corrected chi connectivity index (χ3v) is 5.23. The maximum atomic E-state index is 12.2. The molecule has 0 bridgehead atoms. The van der Waals surface area contributed by atoms with Crippen LogP contribution in [0.4, 0.5) is 0 Å². The van der Waals surface area contributed by atoms with E-state index < -0.39 is 10.0 Å². The van der Waals surface area contributed by atoms with Crippen molar-refractivity contribution in [3.63, 3.8) is 0 Å². The zero-order valence-electron chi connectivity index (χ0n) is 13.6. The van der Waals surface area contributed by atoms with Crippen molar-refractivity contribution in [2.75, 3.05) is 26.0 Å². The van der Waals surface area contributed by atoms with Crippen molar-refractivity contribution in [2.45, 2.75) is 25.8 Å². The second-order valence-electron chi connectivity index (χ2n) is 5.97. The van der Waals surface area contributed by atoms with E-state index >= 15 is 0 Å². The van der Waals surface area contributed by atoms with Crippen LogP contribution in [-0.2, 0) is 14.8 Å². The van der Waals surface area contributed by atoms with E-state index in [1.807, 2.05) is 37.3 Å². The lowest BCUT2D eigenvalue weighted by molar-refractivity contribution is -0.126. The molecule has 2 rings (SSSR count). The van der Waals surface area contributed by atoms with Gasteiger partial charge in [0.15, 0.2) is 0 Å². The molecule has 1 saturated heterocycles. The SMILES string of the molecule is CC(COc1ccccc1)NC(=O)C1CCN(S(C)(=O)=O)CC1. The minimum Gasteiger partial charge on any atom is -0.491 e. The Balaban J connectivity index is 1.74. The molecule has 1 N–H and O–H groups in total. The zero-order valence-corrected chi connectivity index (χ0v) is 14.4. The molecule has 1 aliphatic heterocycles. The van der Waals surface area contributed by atoms with Crippen molar-refractivity contribution < 1.29 is 17.9 Å². The van der Waals surface area contributed by atoms with Crippen molar-refractivity contribution in [1.82, 2.24) is 9.62 Å². The van der Waals surface area contributed by atoms with E-state index in [0.29, 0.717) is 32.5 Å². The van der Waals surface area contributed by atoms with Crippen molar-refractivity contribution in [3.8, 4) is 5.75 Å². The Morgan fingerprint density at radius 3 is 2.48 bits per heavy atom. The number of hydrogen-bond acceptors (Lipinski definition) is 4. The van der Waals surface area contributed by atoms with Gasteiger partial charge < -0.3 is 10.1 Å². The number of amides is 1. The molecule has 1 fully saturated rings. The zero-order chi connectivity index (χ0) is 16.9. The normalized spacial score (nSPS) is 18.3. The monoisotopic (exact) mass is 340 g/mol. The number of carbonyl (C=O) groups excluding carboxylic acids is 1. The van der Waals surface area contributed by atoms with Crippen LogP contribution in [0, 0.1) is 5.92 Å². The number of carbonyl (C=O) groups is 1. The summed E-state index contributed by atoms with van der Waals surface area (Å²) in [5.41, 5.74) is 0. The topological polar surface area (TPSA) is 75.7 Å². The molecule has 0 aromatic heterocycles. The molecule has 1 atom stereocenters. The molecule has 1 unspecified atom stereocenters. The molecule has 1 aliphatic rings. The van der Waals surface area contributed by atoms with Gasteiger partial charge in [-0.25, -0.2) is 12.7 Å². The summed E-state index contributed by atoms with van der Waals surface area (Å²) >= 11 is 0. The summed E-state index contributed by atoms with van der Waals surface area (Å²) in [6, 6.07) is 9.35. The molecule has 0 radical (unpaired) electrons. The summed E-state index contributed by atoms with van der Waals surface area (Å²) in [6.07, 6.45) is 2.33. The first-order valence-electron chi connectivity index (χ1n) is 7.79. The lowest BCUT2D eigenvalue weighted by Crippen LogP contribution is -2.45. The summed E-state index contributed by atoms with van der Waals surface area (Å²) in [7, 11) is -3.16. The highest BCUT2D eigenvalue weighted by molar-refractivity contribution is 7.88. The summed E-state index contributed by atoms with van der Waals surface area (Å²) in [5.74, 6) is 0.615. The van der Waals surface area contributed by atoms with Crippen LogP contribution in [-0.4, -0.2) is 50.6 Å². The Labute approximate surface area is 137 Å². The Hall–Kier alpha value is -1.60. The molecule has 0 spiro atoms. The van der Waals surface area contributed by atoms with Gasteiger partial charge in [0.25, 0.3) is 0 Å². The van der Waals surface area contributed by atoms with Crippen LogP contribution in [0.15, 0.2) is 30.3 Å². The number of rotatable bonds is 6. The summed E-state index contributed by atoms with van der Waals surface area (Å²) in [6.45, 7) is 3.11. The lowest BCUT2D eigenvalue weighted by atomic mass is 9.97. The number of nitrogens with zero attached hydrogens (tertiary/aromatic N) is 1. The van der Waals surface area contributed by atoms with Crippen molar-refractivity contribution in [1.29, 1.82) is 0 Å². The Bertz CT molecular complexity index is 610. The number of hydrogen-bond donors (Lipinski definition) is 1. The molecule has 23 heavy (non-hydrogen) atoms. The van der Waals surface area contributed by atoms with Crippen LogP contribution in [0.2, 0.25) is 0 Å². The van der Waals surface area contributed by atoms with Gasteiger partial charge in [0.05, 0.1) is 12.3 Å². The molecule has 1 aromatic carbocycles. The lowest BCUT2D eigenvalue weighted by Gasteiger charge is -2.30. The first kappa shape index (κ1) is 17.7. The Morgan fingerprint density at radius 2 is 1.91 bits per heavy atom. The molecule has 7 heteroatoms. The van der Waals surface area contributed by atoms with Gasteiger partial charge >= 0.3 is 0 Å². The second-order valence-corrected chi connectivity index (χ2v) is 7.95. The maximum absolute atomic E-state index is 12.2. The van der Waals surface area contributed by atoms with Crippen LogP contribution in [0.5, 0.6) is 5.75 Å². The van der Waals surface area contributed by atoms with Crippen molar-refractivity contribution in [3.05, 3.63) is 30.3 Å². The standard InChI is InChI=1S/C16H24N2O4S/c1-13(12-22-15-6-4-3-5-7-15)17-16(19)14-8-10-18(11-9-14)23(2,20)21/h3-7,13-14H,8-12H2,1-2H3,(H,17,19). The third kappa shape index (κ3) is 5.51. The average molecular weight is 340 g/mol. The van der Waals surface area contributed by atoms with Crippen LogP contribution >= 0.6 is 0 Å². The van der Waals surface area contributed by atoms with Crippen LogP contribution in [0.3, 0.4) is 0 Å². The molecule has 1 aromatic rings. The highest BCUT2D eigenvalue weighted by atomic mass is 32.2. The highest BCUT2D eigenvalue weighted by Crippen LogP contribution is 2.19. The van der Waals surface area contributed by atoms with Crippen molar-refractivity contribution in [2.24, 2.45) is 5.92 Å². The van der Waals surface area contributed by atoms with Gasteiger partial charge in [-0.2, -0.15) is 0 Å². The number of benzene rings is 1. The summed E-state index contributed by atoms with van der Waals surface area (Å²) in [5, 5.41) is 2.94. The molecule has 0 aliphatic carbocycles.